The molecule has 0 fully saturated rings. The summed E-state index contributed by atoms with van der Waals surface area (Å²) >= 11 is 0. The van der Waals surface area contributed by atoms with Gasteiger partial charge in [-0.2, -0.15) is 8.42 Å². The van der Waals surface area contributed by atoms with E-state index in [2.05, 4.69) is 4.18 Å². The third kappa shape index (κ3) is 2.82. The van der Waals surface area contributed by atoms with Crippen molar-refractivity contribution in [1.29, 1.82) is 0 Å². The van der Waals surface area contributed by atoms with E-state index in [1.165, 1.54) is 25.1 Å². The Balaban J connectivity index is 3.15. The van der Waals surface area contributed by atoms with Gasteiger partial charge in [-0.05, 0) is 19.1 Å². The van der Waals surface area contributed by atoms with Gasteiger partial charge in [-0.3, -0.25) is 9.35 Å². The number of hydrogen-bond donors (Lipinski definition) is 1. The second kappa shape index (κ2) is 3.77. The molecule has 0 unspecified atom stereocenters. The predicted molar refractivity (Wildman–Crippen MR) is 48.6 cm³/mol. The summed E-state index contributed by atoms with van der Waals surface area (Å²) in [5.41, 5.74) is 0.102. The summed E-state index contributed by atoms with van der Waals surface area (Å²) in [5, 5.41) is 0. The molecule has 0 amide bonds. The van der Waals surface area contributed by atoms with E-state index >= 15 is 0 Å². The van der Waals surface area contributed by atoms with Crippen LogP contribution in [-0.4, -0.2) is 18.8 Å². The van der Waals surface area contributed by atoms with Gasteiger partial charge < -0.3 is 4.18 Å². The van der Waals surface area contributed by atoms with Crippen LogP contribution in [0.5, 0.6) is 5.75 Å². The van der Waals surface area contributed by atoms with E-state index in [0.717, 1.165) is 0 Å². The summed E-state index contributed by atoms with van der Waals surface area (Å²) in [6.45, 7) is 1.27. The monoisotopic (exact) mass is 216 g/mol. The Bertz CT molecular complexity index is 449. The molecule has 0 spiro atoms. The second-order valence-corrected chi connectivity index (χ2v) is 3.59. The average Bonchev–Trinajstić information content (AvgIpc) is 2.01. The minimum absolute atomic E-state index is 0.102. The Morgan fingerprint density at radius 2 is 1.93 bits per heavy atom. The molecule has 0 bridgehead atoms. The molecular formula is C8H8O5S. The van der Waals surface area contributed by atoms with Crippen molar-refractivity contribution in [2.75, 3.05) is 0 Å². The largest absolute Gasteiger partial charge is 0.446 e. The highest BCUT2D eigenvalue weighted by atomic mass is 32.3. The Hall–Kier alpha value is -1.40. The SMILES string of the molecule is CC(=O)c1ccccc1OS(=O)(=O)O. The van der Waals surface area contributed by atoms with Crippen molar-refractivity contribution in [2.45, 2.75) is 6.92 Å². The van der Waals surface area contributed by atoms with Crippen molar-refractivity contribution in [3.63, 3.8) is 0 Å². The molecule has 0 saturated heterocycles. The van der Waals surface area contributed by atoms with Gasteiger partial charge in [0.15, 0.2) is 11.5 Å². The number of carbonyl (C=O) groups excluding carboxylic acids is 1. The van der Waals surface area contributed by atoms with E-state index in [9.17, 15) is 13.2 Å². The highest BCUT2D eigenvalue weighted by molar-refractivity contribution is 7.81. The van der Waals surface area contributed by atoms with Crippen molar-refractivity contribution in [3.05, 3.63) is 29.8 Å². The van der Waals surface area contributed by atoms with Gasteiger partial charge in [-0.1, -0.05) is 12.1 Å². The van der Waals surface area contributed by atoms with Crippen LogP contribution in [0.1, 0.15) is 17.3 Å². The first kappa shape index (κ1) is 10.7. The maximum Gasteiger partial charge on any atom is 0.446 e. The zero-order chi connectivity index (χ0) is 10.8. The van der Waals surface area contributed by atoms with E-state index in [1.54, 1.807) is 6.07 Å². The fourth-order valence-corrected chi connectivity index (χ4v) is 1.32. The molecular weight excluding hydrogens is 208 g/mol. The highest BCUT2D eigenvalue weighted by Crippen LogP contribution is 2.19. The van der Waals surface area contributed by atoms with Crippen molar-refractivity contribution < 1.29 is 21.9 Å². The standard InChI is InChI=1S/C8H8O5S/c1-6(9)7-4-2-3-5-8(7)13-14(10,11)12/h2-5H,1H3,(H,10,11,12). The van der Waals surface area contributed by atoms with Gasteiger partial charge in [0.2, 0.25) is 0 Å². The number of benzene rings is 1. The molecule has 0 aliphatic carbocycles. The van der Waals surface area contributed by atoms with Gasteiger partial charge >= 0.3 is 10.4 Å². The van der Waals surface area contributed by atoms with Gasteiger partial charge in [-0.25, -0.2) is 0 Å². The lowest BCUT2D eigenvalue weighted by Crippen LogP contribution is -2.09. The molecule has 0 aliphatic heterocycles. The van der Waals surface area contributed by atoms with E-state index in [1.807, 2.05) is 0 Å². The summed E-state index contributed by atoms with van der Waals surface area (Å²) in [4.78, 5) is 11.0. The van der Waals surface area contributed by atoms with Crippen LogP contribution in [0.4, 0.5) is 0 Å². The predicted octanol–water partition coefficient (Wildman–Crippen LogP) is 1.07. The summed E-state index contributed by atoms with van der Waals surface area (Å²) in [7, 11) is -4.59. The number of hydrogen-bond acceptors (Lipinski definition) is 4. The first-order chi connectivity index (χ1) is 6.40. The molecule has 1 N–H and O–H groups in total. The van der Waals surface area contributed by atoms with Crippen molar-refractivity contribution in [1.82, 2.24) is 0 Å². The van der Waals surface area contributed by atoms with Crippen LogP contribution < -0.4 is 4.18 Å². The number of para-hydroxylation sites is 1. The van der Waals surface area contributed by atoms with Gasteiger partial charge in [0, 0.05) is 0 Å². The smallest absolute Gasteiger partial charge is 0.361 e. The number of carbonyl (C=O) groups is 1. The maximum atomic E-state index is 11.0. The zero-order valence-electron chi connectivity index (χ0n) is 7.30. The molecule has 14 heavy (non-hydrogen) atoms. The molecule has 0 saturated carbocycles. The molecule has 76 valence electrons. The third-order valence-corrected chi connectivity index (χ3v) is 1.85. The normalized spacial score (nSPS) is 11.0. The van der Waals surface area contributed by atoms with Gasteiger partial charge in [-0.15, -0.1) is 0 Å². The fourth-order valence-electron chi connectivity index (χ4n) is 0.944. The topological polar surface area (TPSA) is 80.7 Å². The van der Waals surface area contributed by atoms with Crippen LogP contribution in [0.3, 0.4) is 0 Å². The lowest BCUT2D eigenvalue weighted by molar-refractivity contribution is 0.101. The van der Waals surface area contributed by atoms with Crippen LogP contribution in [-0.2, 0) is 10.4 Å². The number of ketones is 1. The lowest BCUT2D eigenvalue weighted by Gasteiger charge is -2.04. The van der Waals surface area contributed by atoms with Crippen LogP contribution >= 0.6 is 0 Å². The minimum atomic E-state index is -4.59. The summed E-state index contributed by atoms with van der Waals surface area (Å²) in [5.74, 6) is -0.522. The van der Waals surface area contributed by atoms with Crippen LogP contribution in [0.25, 0.3) is 0 Å². The number of rotatable bonds is 3. The molecule has 1 aromatic carbocycles. The maximum absolute atomic E-state index is 11.0. The molecule has 1 rings (SSSR count). The van der Waals surface area contributed by atoms with E-state index in [4.69, 9.17) is 4.55 Å². The third-order valence-electron chi connectivity index (χ3n) is 1.46. The van der Waals surface area contributed by atoms with Crippen molar-refractivity contribution >= 4 is 16.2 Å². The number of Topliss-reactive ketones (excluding diaryl/α,β-unsaturated/α-hetero) is 1. The summed E-state index contributed by atoms with van der Waals surface area (Å²) < 4.78 is 33.4. The molecule has 0 aliphatic rings. The summed E-state index contributed by atoms with van der Waals surface area (Å²) in [6.07, 6.45) is 0. The zero-order valence-corrected chi connectivity index (χ0v) is 8.11. The van der Waals surface area contributed by atoms with E-state index in [0.29, 0.717) is 0 Å². The molecule has 0 atom stereocenters. The first-order valence-electron chi connectivity index (χ1n) is 3.67. The van der Waals surface area contributed by atoms with Crippen LogP contribution in [0.15, 0.2) is 24.3 Å². The second-order valence-electron chi connectivity index (χ2n) is 2.56. The molecule has 5 nitrogen and oxygen atoms in total. The van der Waals surface area contributed by atoms with Crippen molar-refractivity contribution in [3.8, 4) is 5.75 Å². The van der Waals surface area contributed by atoms with Crippen LogP contribution in [0, 0.1) is 0 Å². The minimum Gasteiger partial charge on any atom is -0.361 e. The average molecular weight is 216 g/mol. The van der Waals surface area contributed by atoms with E-state index < -0.39 is 10.4 Å². The first-order valence-corrected chi connectivity index (χ1v) is 5.03. The quantitative estimate of drug-likeness (QED) is 0.603. The summed E-state index contributed by atoms with van der Waals surface area (Å²) in [6, 6.07) is 5.74. The molecule has 1 aromatic rings. The highest BCUT2D eigenvalue weighted by Gasteiger charge is 2.13. The molecule has 0 aromatic heterocycles. The molecule has 0 radical (unpaired) electrons. The fraction of sp³-hybridized carbons (Fsp3) is 0.125. The van der Waals surface area contributed by atoms with Crippen LogP contribution in [0.2, 0.25) is 0 Å². The van der Waals surface area contributed by atoms with Gasteiger partial charge in [0.1, 0.15) is 0 Å². The Kier molecular flexibility index (Phi) is 2.87. The van der Waals surface area contributed by atoms with Gasteiger partial charge in [0.05, 0.1) is 5.56 Å². The Morgan fingerprint density at radius 1 is 1.36 bits per heavy atom. The lowest BCUT2D eigenvalue weighted by atomic mass is 10.1. The Morgan fingerprint density at radius 3 is 2.43 bits per heavy atom. The molecule has 0 heterocycles. The Labute approximate surface area is 81.3 Å². The van der Waals surface area contributed by atoms with Crippen molar-refractivity contribution in [2.24, 2.45) is 0 Å². The van der Waals surface area contributed by atoms with Gasteiger partial charge in [0.25, 0.3) is 0 Å². The van der Waals surface area contributed by atoms with E-state index in [-0.39, 0.29) is 17.1 Å². The molecule has 6 heteroatoms.